The molecule has 1 amide bonds. The summed E-state index contributed by atoms with van der Waals surface area (Å²) in [4.78, 5) is 11.6. The molecule has 0 aliphatic carbocycles. The molecule has 0 saturated carbocycles. The third-order valence-electron chi connectivity index (χ3n) is 2.89. The summed E-state index contributed by atoms with van der Waals surface area (Å²) >= 11 is 0. The van der Waals surface area contributed by atoms with Crippen LogP contribution in [0, 0.1) is 0 Å². The van der Waals surface area contributed by atoms with Crippen LogP contribution in [0.1, 0.15) is 29.4 Å². The maximum Gasteiger partial charge on any atom is 0.272 e. The molecule has 0 radical (unpaired) electrons. The highest BCUT2D eigenvalue weighted by Gasteiger charge is 2.17. The summed E-state index contributed by atoms with van der Waals surface area (Å²) in [6, 6.07) is 2.12. The molecule has 1 unspecified atom stereocenters. The molecular formula is C12H18N4O. The van der Waals surface area contributed by atoms with Gasteiger partial charge in [0.15, 0.2) is 0 Å². The lowest BCUT2D eigenvalue weighted by Gasteiger charge is -2.22. The van der Waals surface area contributed by atoms with Crippen molar-refractivity contribution in [2.45, 2.75) is 18.9 Å². The van der Waals surface area contributed by atoms with Crippen LogP contribution in [0.15, 0.2) is 24.9 Å². The van der Waals surface area contributed by atoms with Crippen LogP contribution in [-0.4, -0.2) is 35.3 Å². The molecule has 0 bridgehead atoms. The van der Waals surface area contributed by atoms with E-state index in [-0.39, 0.29) is 5.91 Å². The van der Waals surface area contributed by atoms with Crippen molar-refractivity contribution in [1.82, 2.24) is 20.4 Å². The van der Waals surface area contributed by atoms with Gasteiger partial charge in [-0.1, -0.05) is 6.08 Å². The number of hydrogen-bond acceptors (Lipinski definition) is 3. The van der Waals surface area contributed by atoms with Crippen LogP contribution < -0.4 is 10.6 Å². The molecular weight excluding hydrogens is 216 g/mol. The Morgan fingerprint density at radius 2 is 2.65 bits per heavy atom. The molecule has 1 aromatic heterocycles. The van der Waals surface area contributed by atoms with Gasteiger partial charge in [0.2, 0.25) is 0 Å². The smallest absolute Gasteiger partial charge is 0.272 e. The first-order valence-electron chi connectivity index (χ1n) is 5.96. The average molecular weight is 234 g/mol. The van der Waals surface area contributed by atoms with Crippen molar-refractivity contribution in [2.75, 3.05) is 19.6 Å². The van der Waals surface area contributed by atoms with E-state index in [1.54, 1.807) is 12.1 Å². The summed E-state index contributed by atoms with van der Waals surface area (Å²) in [6.45, 7) is 6.03. The van der Waals surface area contributed by atoms with Gasteiger partial charge < -0.3 is 10.6 Å². The van der Waals surface area contributed by atoms with Crippen LogP contribution in [0.25, 0.3) is 0 Å². The molecule has 0 aromatic carbocycles. The van der Waals surface area contributed by atoms with Crippen LogP contribution in [0.5, 0.6) is 0 Å². The van der Waals surface area contributed by atoms with Gasteiger partial charge in [0.1, 0.15) is 5.69 Å². The predicted octanol–water partition coefficient (Wildman–Crippen LogP) is 0.723. The van der Waals surface area contributed by atoms with E-state index in [9.17, 15) is 4.79 Å². The minimum atomic E-state index is -0.146. The first-order chi connectivity index (χ1) is 8.31. The Kier molecular flexibility index (Phi) is 3.93. The fourth-order valence-electron chi connectivity index (χ4n) is 1.98. The largest absolute Gasteiger partial charge is 0.347 e. The van der Waals surface area contributed by atoms with E-state index in [0.29, 0.717) is 18.3 Å². The molecule has 5 heteroatoms. The van der Waals surface area contributed by atoms with Gasteiger partial charge in [-0.2, -0.15) is 5.10 Å². The third kappa shape index (κ3) is 2.94. The van der Waals surface area contributed by atoms with Gasteiger partial charge in [0, 0.05) is 19.3 Å². The number of aromatic nitrogens is 2. The average Bonchev–Trinajstić information content (AvgIpc) is 2.86. The number of piperidine rings is 1. The molecule has 1 aliphatic heterocycles. The van der Waals surface area contributed by atoms with E-state index in [1.807, 2.05) is 10.9 Å². The van der Waals surface area contributed by atoms with Crippen LogP contribution in [0.2, 0.25) is 0 Å². The van der Waals surface area contributed by atoms with Crippen molar-refractivity contribution < 1.29 is 4.79 Å². The second kappa shape index (κ2) is 5.63. The van der Waals surface area contributed by atoms with Gasteiger partial charge in [0.25, 0.3) is 5.91 Å². The van der Waals surface area contributed by atoms with E-state index in [0.717, 1.165) is 25.9 Å². The number of carbonyl (C=O) groups is 1. The lowest BCUT2D eigenvalue weighted by Crippen LogP contribution is -2.32. The molecule has 5 nitrogen and oxygen atoms in total. The monoisotopic (exact) mass is 234 g/mol. The molecule has 1 aliphatic rings. The summed E-state index contributed by atoms with van der Waals surface area (Å²) in [5, 5.41) is 10.4. The van der Waals surface area contributed by atoms with E-state index >= 15 is 0 Å². The van der Waals surface area contributed by atoms with Crippen LogP contribution in [0.4, 0.5) is 0 Å². The molecule has 0 spiro atoms. The predicted molar refractivity (Wildman–Crippen MR) is 65.9 cm³/mol. The Balaban J connectivity index is 1.99. The molecule has 2 heterocycles. The van der Waals surface area contributed by atoms with Crippen molar-refractivity contribution in [3.63, 3.8) is 0 Å². The first kappa shape index (κ1) is 11.9. The Morgan fingerprint density at radius 3 is 3.35 bits per heavy atom. The highest BCUT2D eigenvalue weighted by atomic mass is 16.1. The quantitative estimate of drug-likeness (QED) is 0.755. The Morgan fingerprint density at radius 1 is 1.76 bits per heavy atom. The SMILES string of the molecule is C=CCNC(=O)c1ccn(C2CCCNC2)n1. The number of hydrogen-bond donors (Lipinski definition) is 2. The minimum Gasteiger partial charge on any atom is -0.347 e. The zero-order valence-electron chi connectivity index (χ0n) is 9.85. The lowest BCUT2D eigenvalue weighted by atomic mass is 10.1. The maximum absolute atomic E-state index is 11.6. The Labute approximate surface area is 101 Å². The number of nitrogens with zero attached hydrogens (tertiary/aromatic N) is 2. The van der Waals surface area contributed by atoms with Gasteiger partial charge in [-0.25, -0.2) is 0 Å². The summed E-state index contributed by atoms with van der Waals surface area (Å²) in [7, 11) is 0. The zero-order valence-corrected chi connectivity index (χ0v) is 9.85. The van der Waals surface area contributed by atoms with Crippen molar-refractivity contribution >= 4 is 5.91 Å². The number of carbonyl (C=O) groups excluding carboxylic acids is 1. The summed E-state index contributed by atoms with van der Waals surface area (Å²) in [6.07, 6.45) is 5.80. The molecule has 2 rings (SSSR count). The standard InChI is InChI=1S/C12H18N4O/c1-2-6-14-12(17)11-5-8-16(15-11)10-4-3-7-13-9-10/h2,5,8,10,13H,1,3-4,6-7,9H2,(H,14,17). The van der Waals surface area contributed by atoms with Gasteiger partial charge in [-0.3, -0.25) is 9.48 Å². The Hall–Kier alpha value is -1.62. The highest BCUT2D eigenvalue weighted by Crippen LogP contribution is 2.15. The molecule has 92 valence electrons. The van der Waals surface area contributed by atoms with E-state index in [2.05, 4.69) is 22.3 Å². The first-order valence-corrected chi connectivity index (χ1v) is 5.96. The Bertz CT molecular complexity index is 393. The lowest BCUT2D eigenvalue weighted by molar-refractivity contribution is 0.0951. The van der Waals surface area contributed by atoms with Gasteiger partial charge in [0.05, 0.1) is 6.04 Å². The zero-order chi connectivity index (χ0) is 12.1. The van der Waals surface area contributed by atoms with E-state index < -0.39 is 0 Å². The van der Waals surface area contributed by atoms with Gasteiger partial charge >= 0.3 is 0 Å². The third-order valence-corrected chi connectivity index (χ3v) is 2.89. The van der Waals surface area contributed by atoms with Gasteiger partial charge in [-0.15, -0.1) is 6.58 Å². The fourth-order valence-corrected chi connectivity index (χ4v) is 1.98. The van der Waals surface area contributed by atoms with E-state index in [1.165, 1.54) is 0 Å². The molecule has 1 fully saturated rings. The second-order valence-electron chi connectivity index (χ2n) is 4.18. The van der Waals surface area contributed by atoms with Crippen molar-refractivity contribution in [2.24, 2.45) is 0 Å². The van der Waals surface area contributed by atoms with Crippen molar-refractivity contribution in [3.8, 4) is 0 Å². The number of nitrogens with one attached hydrogen (secondary N) is 2. The minimum absolute atomic E-state index is 0.146. The second-order valence-corrected chi connectivity index (χ2v) is 4.18. The summed E-state index contributed by atoms with van der Waals surface area (Å²) < 4.78 is 1.88. The molecule has 1 aromatic rings. The summed E-state index contributed by atoms with van der Waals surface area (Å²) in [5.74, 6) is -0.146. The summed E-state index contributed by atoms with van der Waals surface area (Å²) in [5.41, 5.74) is 0.470. The van der Waals surface area contributed by atoms with Crippen LogP contribution >= 0.6 is 0 Å². The van der Waals surface area contributed by atoms with Crippen molar-refractivity contribution in [1.29, 1.82) is 0 Å². The van der Waals surface area contributed by atoms with Crippen LogP contribution in [0.3, 0.4) is 0 Å². The number of amides is 1. The van der Waals surface area contributed by atoms with E-state index in [4.69, 9.17) is 0 Å². The highest BCUT2D eigenvalue weighted by molar-refractivity contribution is 5.92. The number of rotatable bonds is 4. The molecule has 2 N–H and O–H groups in total. The molecule has 1 saturated heterocycles. The normalized spacial score (nSPS) is 19.9. The van der Waals surface area contributed by atoms with Gasteiger partial charge in [-0.05, 0) is 25.5 Å². The van der Waals surface area contributed by atoms with Crippen LogP contribution in [-0.2, 0) is 0 Å². The van der Waals surface area contributed by atoms with Crippen molar-refractivity contribution in [3.05, 3.63) is 30.6 Å². The molecule has 17 heavy (non-hydrogen) atoms. The molecule has 1 atom stereocenters. The maximum atomic E-state index is 11.6. The topological polar surface area (TPSA) is 59.0 Å². The fraction of sp³-hybridized carbons (Fsp3) is 0.500.